The third kappa shape index (κ3) is 2.08. The summed E-state index contributed by atoms with van der Waals surface area (Å²) in [5.74, 6) is 0.412. The largest absolute Gasteiger partial charge is 0.392 e. The van der Waals surface area contributed by atoms with Crippen LogP contribution in [0.3, 0.4) is 0 Å². The highest BCUT2D eigenvalue weighted by molar-refractivity contribution is 5.86. The van der Waals surface area contributed by atoms with Crippen molar-refractivity contribution in [1.29, 1.82) is 0 Å². The lowest BCUT2D eigenvalue weighted by atomic mass is 9.46. The molecule has 0 heterocycles. The van der Waals surface area contributed by atoms with Crippen LogP contribution in [0.15, 0.2) is 23.8 Å². The van der Waals surface area contributed by atoms with Gasteiger partial charge in [-0.2, -0.15) is 0 Å². The molecule has 0 saturated heterocycles. The highest BCUT2D eigenvalue weighted by Gasteiger charge is 2.66. The summed E-state index contributed by atoms with van der Waals surface area (Å²) in [7, 11) is 0. The minimum absolute atomic E-state index is 0.0918. The van der Waals surface area contributed by atoms with Gasteiger partial charge in [0.25, 0.3) is 0 Å². The van der Waals surface area contributed by atoms with Gasteiger partial charge in [0.2, 0.25) is 0 Å². The Labute approximate surface area is 149 Å². The number of ketones is 1. The lowest BCUT2D eigenvalue weighted by molar-refractivity contribution is -0.165. The first-order valence-corrected chi connectivity index (χ1v) is 9.63. The van der Waals surface area contributed by atoms with E-state index in [1.165, 1.54) is 6.92 Å². The first-order valence-electron chi connectivity index (χ1n) is 9.63. The van der Waals surface area contributed by atoms with Crippen LogP contribution in [0, 0.1) is 28.6 Å². The minimum Gasteiger partial charge on any atom is -0.392 e. The Hall–Kier alpha value is -0.970. The summed E-state index contributed by atoms with van der Waals surface area (Å²) < 4.78 is 0. The Morgan fingerprint density at radius 3 is 2.52 bits per heavy atom. The number of fused-ring (bicyclic) bond motifs is 5. The molecule has 0 aromatic carbocycles. The van der Waals surface area contributed by atoms with E-state index in [1.54, 1.807) is 0 Å². The molecular formula is C21H30O4. The van der Waals surface area contributed by atoms with E-state index in [9.17, 15) is 20.1 Å². The zero-order valence-electron chi connectivity index (χ0n) is 15.4. The molecule has 0 bridgehead atoms. The maximum Gasteiger partial charge on any atom is 0.161 e. The van der Waals surface area contributed by atoms with Crippen LogP contribution in [0.2, 0.25) is 0 Å². The standard InChI is InChI=1S/C21H30O4/c1-12(22)21(25)9-6-16-18-15(5-8-20(16,21)3)19(2)7-4-14(23)10-13(19)11-17(18)24/h4,7,10,14-18,23-25H,5-6,8-9,11H2,1-3H3/t14-,15+,16+,17+,18-,19+,20+,21+/m1/s1. The van der Waals surface area contributed by atoms with Gasteiger partial charge in [0.15, 0.2) is 5.78 Å². The molecule has 4 aliphatic carbocycles. The third-order valence-corrected chi connectivity index (χ3v) is 8.41. The molecule has 0 aromatic heterocycles. The predicted octanol–water partition coefficient (Wildman–Crippen LogP) is 2.38. The molecule has 0 amide bonds. The normalized spacial score (nSPS) is 54.3. The van der Waals surface area contributed by atoms with Crippen LogP contribution >= 0.6 is 0 Å². The monoisotopic (exact) mass is 346 g/mol. The van der Waals surface area contributed by atoms with E-state index in [-0.39, 0.29) is 23.0 Å². The molecule has 0 aliphatic heterocycles. The van der Waals surface area contributed by atoms with E-state index < -0.39 is 23.2 Å². The van der Waals surface area contributed by atoms with Gasteiger partial charge in [0.1, 0.15) is 5.60 Å². The van der Waals surface area contributed by atoms with E-state index >= 15 is 0 Å². The van der Waals surface area contributed by atoms with Crippen molar-refractivity contribution < 1.29 is 20.1 Å². The fourth-order valence-electron chi connectivity index (χ4n) is 6.88. The fourth-order valence-corrected chi connectivity index (χ4v) is 6.88. The molecule has 3 saturated carbocycles. The second kappa shape index (κ2) is 5.28. The Morgan fingerprint density at radius 1 is 1.16 bits per heavy atom. The SMILES string of the molecule is CC(=O)[C@@]1(O)CC[C@H]2[C@@H]3[C@@H](O)CC4=C[C@H](O)C=C[C@]4(C)[C@H]3CC[C@@]21C. The summed E-state index contributed by atoms with van der Waals surface area (Å²) in [6, 6.07) is 0. The number of carbonyl (C=O) groups excluding carboxylic acids is 1. The minimum atomic E-state index is -1.25. The van der Waals surface area contributed by atoms with Gasteiger partial charge in [-0.05, 0) is 56.8 Å². The smallest absolute Gasteiger partial charge is 0.161 e. The molecule has 4 aliphatic rings. The summed E-state index contributed by atoms with van der Waals surface area (Å²) in [5, 5.41) is 32.1. The molecule has 138 valence electrons. The maximum absolute atomic E-state index is 12.2. The molecule has 0 unspecified atom stereocenters. The first kappa shape index (κ1) is 17.4. The van der Waals surface area contributed by atoms with Crippen molar-refractivity contribution in [1.82, 2.24) is 0 Å². The summed E-state index contributed by atoms with van der Waals surface area (Å²) in [4.78, 5) is 12.2. The molecule has 0 spiro atoms. The van der Waals surface area contributed by atoms with Crippen LogP contribution in [0.25, 0.3) is 0 Å². The van der Waals surface area contributed by atoms with E-state index in [0.717, 1.165) is 24.8 Å². The lowest BCUT2D eigenvalue weighted by Crippen LogP contribution is -2.59. The van der Waals surface area contributed by atoms with Gasteiger partial charge in [-0.1, -0.05) is 37.6 Å². The Balaban J connectivity index is 1.75. The highest BCUT2D eigenvalue weighted by Crippen LogP contribution is 2.67. The molecule has 8 atom stereocenters. The van der Waals surface area contributed by atoms with Crippen molar-refractivity contribution in [2.45, 2.75) is 70.7 Å². The molecule has 25 heavy (non-hydrogen) atoms. The second-order valence-corrected chi connectivity index (χ2v) is 9.30. The number of hydrogen-bond donors (Lipinski definition) is 3. The van der Waals surface area contributed by atoms with Gasteiger partial charge in [-0.3, -0.25) is 4.79 Å². The molecule has 3 N–H and O–H groups in total. The van der Waals surface area contributed by atoms with Crippen molar-refractivity contribution >= 4 is 5.78 Å². The maximum atomic E-state index is 12.2. The summed E-state index contributed by atoms with van der Waals surface area (Å²) in [6.07, 6.45) is 8.42. The molecular weight excluding hydrogens is 316 g/mol. The zero-order valence-corrected chi connectivity index (χ0v) is 15.4. The van der Waals surface area contributed by atoms with Gasteiger partial charge in [-0.25, -0.2) is 0 Å². The predicted molar refractivity (Wildman–Crippen MR) is 94.6 cm³/mol. The van der Waals surface area contributed by atoms with Gasteiger partial charge in [0, 0.05) is 10.8 Å². The van der Waals surface area contributed by atoms with Crippen LogP contribution in [0.1, 0.15) is 52.9 Å². The number of aliphatic hydroxyl groups is 3. The van der Waals surface area contributed by atoms with Gasteiger partial charge < -0.3 is 15.3 Å². The quantitative estimate of drug-likeness (QED) is 0.637. The van der Waals surface area contributed by atoms with E-state index in [4.69, 9.17) is 0 Å². The van der Waals surface area contributed by atoms with Crippen LogP contribution in [-0.2, 0) is 4.79 Å². The third-order valence-electron chi connectivity index (χ3n) is 8.41. The molecule has 3 fully saturated rings. The first-order chi connectivity index (χ1) is 11.6. The highest BCUT2D eigenvalue weighted by atomic mass is 16.3. The molecule has 0 aromatic rings. The number of hydrogen-bond acceptors (Lipinski definition) is 4. The molecule has 0 radical (unpaired) electrons. The lowest BCUT2D eigenvalue weighted by Gasteiger charge is -2.59. The van der Waals surface area contributed by atoms with E-state index in [0.29, 0.717) is 18.8 Å². The van der Waals surface area contributed by atoms with Crippen LogP contribution < -0.4 is 0 Å². The van der Waals surface area contributed by atoms with Crippen molar-refractivity contribution in [3.63, 3.8) is 0 Å². The zero-order chi connectivity index (χ0) is 18.2. The van der Waals surface area contributed by atoms with E-state index in [1.807, 2.05) is 12.2 Å². The topological polar surface area (TPSA) is 77.8 Å². The number of aliphatic hydroxyl groups excluding tert-OH is 2. The summed E-state index contributed by atoms with van der Waals surface area (Å²) in [5.41, 5.74) is -0.699. The fraction of sp³-hybridized carbons (Fsp3) is 0.762. The van der Waals surface area contributed by atoms with Gasteiger partial charge in [0.05, 0.1) is 12.2 Å². The average molecular weight is 346 g/mol. The van der Waals surface area contributed by atoms with Crippen molar-refractivity contribution in [3.05, 3.63) is 23.8 Å². The summed E-state index contributed by atoms with van der Waals surface area (Å²) >= 11 is 0. The average Bonchev–Trinajstić information content (AvgIpc) is 2.82. The number of Topliss-reactive ketones (excluding diaryl/α,β-unsaturated/α-hetero) is 1. The van der Waals surface area contributed by atoms with Gasteiger partial charge in [-0.15, -0.1) is 0 Å². The van der Waals surface area contributed by atoms with Gasteiger partial charge >= 0.3 is 0 Å². The Kier molecular flexibility index (Phi) is 3.68. The summed E-state index contributed by atoms with van der Waals surface area (Å²) in [6.45, 7) is 5.78. The van der Waals surface area contributed by atoms with Crippen LogP contribution in [-0.4, -0.2) is 38.9 Å². The number of rotatable bonds is 1. The number of carbonyl (C=O) groups is 1. The Morgan fingerprint density at radius 2 is 1.84 bits per heavy atom. The van der Waals surface area contributed by atoms with Crippen molar-refractivity contribution in [2.75, 3.05) is 0 Å². The molecule has 4 rings (SSSR count). The molecule has 4 heteroatoms. The van der Waals surface area contributed by atoms with Crippen molar-refractivity contribution in [2.24, 2.45) is 28.6 Å². The second-order valence-electron chi connectivity index (χ2n) is 9.30. The van der Waals surface area contributed by atoms with Crippen molar-refractivity contribution in [3.8, 4) is 0 Å². The Bertz CT molecular complexity index is 667. The van der Waals surface area contributed by atoms with Crippen LogP contribution in [0.4, 0.5) is 0 Å². The number of allylic oxidation sites excluding steroid dienone is 1. The van der Waals surface area contributed by atoms with Crippen LogP contribution in [0.5, 0.6) is 0 Å². The van der Waals surface area contributed by atoms with E-state index in [2.05, 4.69) is 19.9 Å². The molecule has 4 nitrogen and oxygen atoms in total.